The van der Waals surface area contributed by atoms with Gasteiger partial charge in [-0.2, -0.15) is 0 Å². The van der Waals surface area contributed by atoms with Gasteiger partial charge < -0.3 is 35.2 Å². The molecule has 3 unspecified atom stereocenters. The van der Waals surface area contributed by atoms with Crippen LogP contribution in [0.1, 0.15) is 57.8 Å². The molecule has 1 amide bonds. The lowest BCUT2D eigenvalue weighted by atomic mass is 9.83. The number of carbonyl (C=O) groups is 1. The normalized spacial score (nSPS) is 32.5. The Morgan fingerprint density at radius 2 is 1.64 bits per heavy atom. The van der Waals surface area contributed by atoms with E-state index in [2.05, 4.69) is 15.5 Å². The maximum Gasteiger partial charge on any atom is 0.222 e. The smallest absolute Gasteiger partial charge is 0.222 e. The number of rotatable bonds is 14. The number of nitrogens with one attached hydrogen (secondary N) is 2. The zero-order valence-corrected chi connectivity index (χ0v) is 27.3. The van der Waals surface area contributed by atoms with E-state index in [4.69, 9.17) is 21.4 Å². The Morgan fingerprint density at radius 1 is 0.933 bits per heavy atom. The van der Waals surface area contributed by atoms with Crippen molar-refractivity contribution in [3.63, 3.8) is 0 Å². The van der Waals surface area contributed by atoms with Crippen LogP contribution in [0.15, 0.2) is 0 Å². The molecule has 1 aliphatic carbocycles. The van der Waals surface area contributed by atoms with Crippen molar-refractivity contribution >= 4 is 17.5 Å². The summed E-state index contributed by atoms with van der Waals surface area (Å²) in [5, 5.41) is 55.9. The number of halogens is 2. The van der Waals surface area contributed by atoms with E-state index < -0.39 is 37.2 Å². The van der Waals surface area contributed by atoms with Crippen molar-refractivity contribution < 1.29 is 39.5 Å². The van der Waals surface area contributed by atoms with E-state index in [0.29, 0.717) is 58.0 Å². The number of hydrogen-bond donors (Lipinski definition) is 7. The fourth-order valence-electron chi connectivity index (χ4n) is 7.22. The summed E-state index contributed by atoms with van der Waals surface area (Å²) in [4.78, 5) is 19.2. The van der Waals surface area contributed by atoms with Crippen LogP contribution in [0.2, 0.25) is 0 Å². The van der Waals surface area contributed by atoms with E-state index in [-0.39, 0.29) is 42.6 Å². The number of hydrogen-bond acceptors (Lipinski definition) is 11. The molecule has 7 atom stereocenters. The third-order valence-corrected chi connectivity index (χ3v) is 10.5. The van der Waals surface area contributed by atoms with Crippen LogP contribution in [-0.2, 0) is 9.53 Å². The lowest BCUT2D eigenvalue weighted by Crippen LogP contribution is -2.62. The number of alkyl halides is 2. The summed E-state index contributed by atoms with van der Waals surface area (Å²) in [6.45, 7) is 5.82. The van der Waals surface area contributed by atoms with E-state index in [1.807, 2.05) is 4.90 Å². The van der Waals surface area contributed by atoms with Gasteiger partial charge in [0.05, 0.1) is 24.2 Å². The second-order valence-corrected chi connectivity index (χ2v) is 14.2. The number of aliphatic hydroxyl groups excluding tert-OH is 5. The first-order chi connectivity index (χ1) is 21.6. The van der Waals surface area contributed by atoms with Crippen LogP contribution in [0.3, 0.4) is 0 Å². The van der Waals surface area contributed by atoms with Crippen molar-refractivity contribution in [1.82, 2.24) is 25.3 Å². The van der Waals surface area contributed by atoms with Crippen molar-refractivity contribution in [2.24, 2.45) is 11.8 Å². The molecule has 3 aliphatic heterocycles. The van der Waals surface area contributed by atoms with E-state index in [1.165, 1.54) is 12.8 Å². The Kier molecular flexibility index (Phi) is 15.4. The molecule has 0 aromatic heterocycles. The maximum absolute atomic E-state index is 15.2. The zero-order chi connectivity index (χ0) is 32.3. The highest BCUT2D eigenvalue weighted by Crippen LogP contribution is 2.32. The molecule has 12 nitrogen and oxygen atoms in total. The van der Waals surface area contributed by atoms with Gasteiger partial charge in [0.2, 0.25) is 5.91 Å². The molecule has 3 saturated heterocycles. The SMILES string of the molecule is O=C(CC1CCC(OCCCC2CCN(C3NCC(Cl)CN3)CC2)CC1F)N1CCCN(C[C@H](O)[C@@H](O)[C@H](O)[C@H](O)CO)CC1. The van der Waals surface area contributed by atoms with Crippen LogP contribution in [0, 0.1) is 11.8 Å². The fraction of sp³-hybridized carbons (Fsp3) is 0.968. The van der Waals surface area contributed by atoms with Crippen LogP contribution in [-0.4, -0.2) is 167 Å². The number of aliphatic hydroxyl groups is 5. The minimum Gasteiger partial charge on any atom is -0.394 e. The topological polar surface area (TPSA) is 161 Å². The van der Waals surface area contributed by atoms with Gasteiger partial charge in [0.1, 0.15) is 30.8 Å². The lowest BCUT2D eigenvalue weighted by molar-refractivity contribution is -0.133. The highest BCUT2D eigenvalue weighted by Gasteiger charge is 2.35. The molecule has 262 valence electrons. The van der Waals surface area contributed by atoms with Crippen molar-refractivity contribution in [2.75, 3.05) is 72.1 Å². The van der Waals surface area contributed by atoms with E-state index in [9.17, 15) is 25.2 Å². The van der Waals surface area contributed by atoms with Crippen LogP contribution < -0.4 is 10.6 Å². The number of carbonyl (C=O) groups excluding carboxylic acids is 1. The Bertz CT molecular complexity index is 870. The molecule has 4 aliphatic rings. The van der Waals surface area contributed by atoms with Gasteiger partial charge in [-0.1, -0.05) is 0 Å². The van der Waals surface area contributed by atoms with Crippen molar-refractivity contribution in [2.45, 2.75) is 106 Å². The number of ether oxygens (including phenoxy) is 1. The van der Waals surface area contributed by atoms with E-state index in [1.54, 1.807) is 4.90 Å². The molecule has 0 bridgehead atoms. The molecule has 4 rings (SSSR count). The summed E-state index contributed by atoms with van der Waals surface area (Å²) >= 11 is 6.16. The van der Waals surface area contributed by atoms with Crippen LogP contribution in [0.25, 0.3) is 0 Å². The van der Waals surface area contributed by atoms with Gasteiger partial charge in [-0.3, -0.25) is 25.2 Å². The molecule has 14 heteroatoms. The summed E-state index contributed by atoms with van der Waals surface area (Å²) < 4.78 is 21.2. The molecule has 0 radical (unpaired) electrons. The van der Waals surface area contributed by atoms with Gasteiger partial charge in [0, 0.05) is 71.8 Å². The van der Waals surface area contributed by atoms with Gasteiger partial charge in [0.25, 0.3) is 0 Å². The number of piperidine rings is 1. The minimum atomic E-state index is -1.67. The number of amides is 1. The molecule has 0 spiro atoms. The molecule has 0 aromatic rings. The van der Waals surface area contributed by atoms with Crippen LogP contribution in [0.4, 0.5) is 4.39 Å². The maximum atomic E-state index is 15.2. The largest absolute Gasteiger partial charge is 0.394 e. The predicted octanol–water partition coefficient (Wildman–Crippen LogP) is -0.554. The summed E-state index contributed by atoms with van der Waals surface area (Å²) in [6, 6.07) is 0. The van der Waals surface area contributed by atoms with Gasteiger partial charge in [-0.25, -0.2) is 4.39 Å². The van der Waals surface area contributed by atoms with Crippen molar-refractivity contribution in [1.29, 1.82) is 0 Å². The zero-order valence-electron chi connectivity index (χ0n) is 26.6. The second-order valence-electron chi connectivity index (χ2n) is 13.6. The second kappa shape index (κ2) is 18.7. The van der Waals surface area contributed by atoms with Crippen LogP contribution >= 0.6 is 11.6 Å². The molecule has 45 heavy (non-hydrogen) atoms. The van der Waals surface area contributed by atoms with E-state index in [0.717, 1.165) is 45.4 Å². The van der Waals surface area contributed by atoms with Crippen molar-refractivity contribution in [3.05, 3.63) is 0 Å². The minimum absolute atomic E-state index is 0.0554. The van der Waals surface area contributed by atoms with Crippen molar-refractivity contribution in [3.8, 4) is 0 Å². The van der Waals surface area contributed by atoms with Crippen LogP contribution in [0.5, 0.6) is 0 Å². The summed E-state index contributed by atoms with van der Waals surface area (Å²) in [6.07, 6.45) is -0.0161. The Balaban J connectivity index is 1.07. The first-order valence-corrected chi connectivity index (χ1v) is 17.5. The summed E-state index contributed by atoms with van der Waals surface area (Å²) in [5.74, 6) is 0.337. The highest BCUT2D eigenvalue weighted by molar-refractivity contribution is 6.21. The lowest BCUT2D eigenvalue weighted by Gasteiger charge is -2.41. The summed E-state index contributed by atoms with van der Waals surface area (Å²) in [7, 11) is 0. The number of nitrogens with zero attached hydrogens (tertiary/aromatic N) is 3. The average molecular weight is 666 g/mol. The number of β-amino-alcohol motifs (C(OH)–C–C–N with tert-alkyl or cyclic N) is 1. The molecule has 7 N–H and O–H groups in total. The molecular weight excluding hydrogens is 609 g/mol. The Hall–Kier alpha value is -0.710. The molecule has 4 fully saturated rings. The number of likely N-dealkylation sites (tertiary alicyclic amines) is 1. The Morgan fingerprint density at radius 3 is 2.33 bits per heavy atom. The van der Waals surface area contributed by atoms with Gasteiger partial charge in [-0.05, 0) is 63.3 Å². The standard InChI is InChI=1S/C31H57ClFN5O7/c32-23-17-34-31(35-18-23)38-10-6-21(7-11-38)3-1-14-45-24-5-4-22(25(33)16-24)15-28(42)37-9-2-8-36(12-13-37)19-26(40)29(43)30(44)27(41)20-39/h21-27,29-31,34-35,39-41,43-44H,1-20H2/t22?,23?,24?,25?,26-,27+,29+,30+,31?/m0/s1. The first-order valence-electron chi connectivity index (χ1n) is 17.1. The molecule has 0 aromatic carbocycles. The van der Waals surface area contributed by atoms with Gasteiger partial charge in [-0.15, -0.1) is 11.6 Å². The third-order valence-electron chi connectivity index (χ3n) is 10.2. The van der Waals surface area contributed by atoms with Gasteiger partial charge in [0.15, 0.2) is 0 Å². The predicted molar refractivity (Wildman–Crippen MR) is 168 cm³/mol. The highest BCUT2D eigenvalue weighted by atomic mass is 35.5. The molecule has 3 heterocycles. The van der Waals surface area contributed by atoms with Gasteiger partial charge >= 0.3 is 0 Å². The van der Waals surface area contributed by atoms with E-state index >= 15 is 4.39 Å². The average Bonchev–Trinajstić information content (AvgIpc) is 3.29. The third kappa shape index (κ3) is 11.4. The monoisotopic (exact) mass is 665 g/mol. The molecule has 1 saturated carbocycles. The first kappa shape index (κ1) is 37.1. The summed E-state index contributed by atoms with van der Waals surface area (Å²) in [5.41, 5.74) is 0. The fourth-order valence-corrected chi connectivity index (χ4v) is 7.40. The molecular formula is C31H57ClFN5O7. The Labute approximate surface area is 272 Å². The quantitative estimate of drug-likeness (QED) is 0.0942.